The highest BCUT2D eigenvalue weighted by atomic mass is 14.1. The minimum absolute atomic E-state index is 0. The summed E-state index contributed by atoms with van der Waals surface area (Å²) in [6, 6.07) is 15.1. The lowest BCUT2D eigenvalue weighted by Gasteiger charge is -2.14. The first-order chi connectivity index (χ1) is 16.3. The van der Waals surface area contributed by atoms with Crippen LogP contribution in [0.2, 0.25) is 0 Å². The van der Waals surface area contributed by atoms with Crippen molar-refractivity contribution in [3.8, 4) is 0 Å². The Morgan fingerprint density at radius 1 is 0.744 bits per heavy atom. The van der Waals surface area contributed by atoms with Gasteiger partial charge in [0.25, 0.3) is 0 Å². The van der Waals surface area contributed by atoms with Crippen molar-refractivity contribution in [2.75, 3.05) is 0 Å². The molecule has 0 saturated heterocycles. The van der Waals surface area contributed by atoms with Crippen LogP contribution in [-0.2, 0) is 12.8 Å². The fourth-order valence-electron chi connectivity index (χ4n) is 3.31. The van der Waals surface area contributed by atoms with E-state index in [9.17, 15) is 0 Å². The van der Waals surface area contributed by atoms with E-state index in [1.165, 1.54) is 34.2 Å². The zero-order valence-electron chi connectivity index (χ0n) is 25.4. The fraction of sp³-hybridized carbons (Fsp3) is 0.590. The molecule has 0 aliphatic carbocycles. The van der Waals surface area contributed by atoms with Crippen molar-refractivity contribution in [2.45, 2.75) is 159 Å². The fourth-order valence-corrected chi connectivity index (χ4v) is 3.31. The van der Waals surface area contributed by atoms with Gasteiger partial charge in [-0.1, -0.05) is 167 Å². The second-order valence-corrected chi connectivity index (χ2v) is 7.69. The molecule has 0 aliphatic heterocycles. The standard InChI is InChI=1S/C12H18.C12H16.C3H8.C3H6.2C2H6.5CH4/c1-5-11-8-7-9(3)10(4)12(11)6-2;1-4-12(10(2)3)11-8-6-5-7-9-11;2*1-3-2;2*1-2;;;;;/h7-8H,5-6H2,1-4H3;5-9,12H,2,4H2,1,3H3;3H2,1-2H3;3H,1H2,2H3;2*1-2H3;5*1H4/t;12-;;;;;;;;;/m.1........./s1. The molecule has 236 valence electrons. The largest absolute Gasteiger partial charge is 0.103 e. The van der Waals surface area contributed by atoms with Crippen LogP contribution in [0.25, 0.3) is 0 Å². The highest BCUT2D eigenvalue weighted by Gasteiger charge is 2.08. The highest BCUT2D eigenvalue weighted by Crippen LogP contribution is 2.25. The van der Waals surface area contributed by atoms with Crippen molar-refractivity contribution in [1.29, 1.82) is 0 Å². The summed E-state index contributed by atoms with van der Waals surface area (Å²) in [6.45, 7) is 34.7. The predicted octanol–water partition coefficient (Wildman–Crippen LogP) is 15.0. The summed E-state index contributed by atoms with van der Waals surface area (Å²) >= 11 is 0. The van der Waals surface area contributed by atoms with Gasteiger partial charge in [0.1, 0.15) is 0 Å². The Kier molecular flexibility index (Phi) is 71.8. The van der Waals surface area contributed by atoms with Crippen molar-refractivity contribution >= 4 is 0 Å². The summed E-state index contributed by atoms with van der Waals surface area (Å²) in [7, 11) is 0. The monoisotopic (exact) mass is 549 g/mol. The van der Waals surface area contributed by atoms with Gasteiger partial charge < -0.3 is 0 Å². The Morgan fingerprint density at radius 3 is 1.41 bits per heavy atom. The molecule has 0 unspecified atom stereocenters. The quantitative estimate of drug-likeness (QED) is 0.326. The Bertz CT molecular complexity index is 691. The van der Waals surface area contributed by atoms with E-state index in [2.05, 4.69) is 111 Å². The summed E-state index contributed by atoms with van der Waals surface area (Å²) in [5.41, 5.74) is 8.61. The number of hydrogen-bond acceptors (Lipinski definition) is 0. The Balaban J connectivity index is -0.0000000452. The van der Waals surface area contributed by atoms with Crippen LogP contribution in [0.4, 0.5) is 0 Å². The lowest BCUT2D eigenvalue weighted by atomic mass is 9.91. The Hall–Kier alpha value is -2.08. The van der Waals surface area contributed by atoms with Crippen molar-refractivity contribution in [3.05, 3.63) is 95.1 Å². The second-order valence-electron chi connectivity index (χ2n) is 7.69. The maximum absolute atomic E-state index is 4.00. The van der Waals surface area contributed by atoms with Gasteiger partial charge in [0, 0.05) is 5.92 Å². The lowest BCUT2D eigenvalue weighted by molar-refractivity contribution is 0.762. The molecule has 2 rings (SSSR count). The van der Waals surface area contributed by atoms with Crippen LogP contribution in [-0.4, -0.2) is 0 Å². The van der Waals surface area contributed by atoms with Gasteiger partial charge >= 0.3 is 0 Å². The van der Waals surface area contributed by atoms with Gasteiger partial charge in [0.15, 0.2) is 0 Å². The highest BCUT2D eigenvalue weighted by molar-refractivity contribution is 5.39. The molecule has 0 N–H and O–H groups in total. The van der Waals surface area contributed by atoms with Crippen LogP contribution < -0.4 is 0 Å². The summed E-state index contributed by atoms with van der Waals surface area (Å²) in [4.78, 5) is 0. The smallest absolute Gasteiger partial charge is 0.00400 e. The average Bonchev–Trinajstić information content (AvgIpc) is 2.85. The van der Waals surface area contributed by atoms with Gasteiger partial charge in [-0.3, -0.25) is 0 Å². The van der Waals surface area contributed by atoms with Crippen molar-refractivity contribution in [3.63, 3.8) is 0 Å². The van der Waals surface area contributed by atoms with Gasteiger partial charge in [0.05, 0.1) is 0 Å². The molecule has 0 nitrogen and oxygen atoms in total. The van der Waals surface area contributed by atoms with Crippen LogP contribution in [0.5, 0.6) is 0 Å². The van der Waals surface area contributed by atoms with Crippen molar-refractivity contribution < 1.29 is 0 Å². The maximum atomic E-state index is 4.00. The Morgan fingerprint density at radius 2 is 1.13 bits per heavy atom. The lowest BCUT2D eigenvalue weighted by Crippen LogP contribution is -1.96. The third kappa shape index (κ3) is 30.3. The molecule has 0 spiro atoms. The van der Waals surface area contributed by atoms with E-state index in [-0.39, 0.29) is 37.1 Å². The topological polar surface area (TPSA) is 0 Å². The van der Waals surface area contributed by atoms with Crippen LogP contribution in [0, 0.1) is 13.8 Å². The first-order valence-corrected chi connectivity index (χ1v) is 13.6. The SMILES string of the molecule is C.C.C.C.C.C=C(C)[C@@H](CC)c1ccccc1.C=CC.CC.CC.CCC.CCc1ccc(C)c(C)c1CC. The van der Waals surface area contributed by atoms with Gasteiger partial charge in [-0.25, -0.2) is 0 Å². The van der Waals surface area contributed by atoms with Gasteiger partial charge in [0.2, 0.25) is 0 Å². The minimum Gasteiger partial charge on any atom is -0.103 e. The predicted molar refractivity (Wildman–Crippen MR) is 197 cm³/mol. The molecular formula is C39H80. The molecule has 0 aliphatic rings. The molecule has 0 amide bonds. The zero-order chi connectivity index (χ0) is 27.5. The molecule has 0 heteroatoms. The van der Waals surface area contributed by atoms with E-state index in [0.717, 1.165) is 19.3 Å². The summed E-state index contributed by atoms with van der Waals surface area (Å²) in [5.74, 6) is 0.534. The number of benzene rings is 2. The van der Waals surface area contributed by atoms with E-state index >= 15 is 0 Å². The molecule has 0 heterocycles. The summed E-state index contributed by atoms with van der Waals surface area (Å²) < 4.78 is 0. The average molecular weight is 549 g/mol. The van der Waals surface area contributed by atoms with Gasteiger partial charge in [-0.2, -0.15) is 0 Å². The van der Waals surface area contributed by atoms with Crippen molar-refractivity contribution in [2.24, 2.45) is 0 Å². The third-order valence-corrected chi connectivity index (χ3v) is 4.91. The van der Waals surface area contributed by atoms with Crippen LogP contribution in [0.1, 0.15) is 160 Å². The number of aryl methyl sites for hydroxylation is 2. The summed E-state index contributed by atoms with van der Waals surface area (Å²) in [5, 5.41) is 0. The molecule has 39 heavy (non-hydrogen) atoms. The van der Waals surface area contributed by atoms with Crippen LogP contribution in [0.3, 0.4) is 0 Å². The van der Waals surface area contributed by atoms with E-state index in [0.29, 0.717) is 5.92 Å². The van der Waals surface area contributed by atoms with E-state index in [4.69, 9.17) is 0 Å². The molecule has 0 aromatic heterocycles. The number of rotatable bonds is 5. The minimum atomic E-state index is 0. The molecule has 0 bridgehead atoms. The van der Waals surface area contributed by atoms with E-state index in [1.807, 2.05) is 34.6 Å². The summed E-state index contributed by atoms with van der Waals surface area (Å²) in [6.07, 6.45) is 6.46. The second kappa shape index (κ2) is 45.8. The van der Waals surface area contributed by atoms with Gasteiger partial charge in [-0.05, 0) is 74.8 Å². The molecule has 2 aromatic carbocycles. The van der Waals surface area contributed by atoms with Crippen LogP contribution in [0.15, 0.2) is 67.3 Å². The zero-order valence-corrected chi connectivity index (χ0v) is 25.4. The van der Waals surface area contributed by atoms with E-state index < -0.39 is 0 Å². The third-order valence-electron chi connectivity index (χ3n) is 4.91. The van der Waals surface area contributed by atoms with E-state index in [1.54, 1.807) is 11.6 Å². The normalized spacial score (nSPS) is 8.13. The molecule has 2 aromatic rings. The number of allylic oxidation sites excluding steroid dienone is 2. The molecule has 0 radical (unpaired) electrons. The molecule has 0 saturated carbocycles. The van der Waals surface area contributed by atoms with Crippen molar-refractivity contribution in [1.82, 2.24) is 0 Å². The Labute approximate surface area is 253 Å². The maximum Gasteiger partial charge on any atom is 0.00400 e. The van der Waals surface area contributed by atoms with Gasteiger partial charge in [-0.15, -0.1) is 6.58 Å². The molecule has 0 fully saturated rings. The molecule has 1 atom stereocenters. The first kappa shape index (κ1) is 61.1. The van der Waals surface area contributed by atoms with Crippen LogP contribution >= 0.6 is 0 Å². The number of hydrogen-bond donors (Lipinski definition) is 0. The molecular weight excluding hydrogens is 468 g/mol. The first-order valence-electron chi connectivity index (χ1n) is 13.6.